The molecule has 7 nitrogen and oxygen atoms in total. The van der Waals surface area contributed by atoms with Gasteiger partial charge in [0.05, 0.1) is 17.2 Å². The Hall–Kier alpha value is -3.03. The summed E-state index contributed by atoms with van der Waals surface area (Å²) in [7, 11) is 1.61. The third-order valence-electron chi connectivity index (χ3n) is 3.67. The van der Waals surface area contributed by atoms with E-state index in [0.29, 0.717) is 25.0 Å². The molecule has 124 valence electrons. The molecule has 0 fully saturated rings. The number of carbonyl (C=O) groups excluding carboxylic acids is 1. The summed E-state index contributed by atoms with van der Waals surface area (Å²) in [5.41, 5.74) is -0.342. The van der Waals surface area contributed by atoms with Crippen LogP contribution in [0.4, 0.5) is 4.39 Å². The second-order valence-corrected chi connectivity index (χ2v) is 5.37. The van der Waals surface area contributed by atoms with E-state index in [0.717, 1.165) is 6.07 Å². The maximum atomic E-state index is 13.4. The van der Waals surface area contributed by atoms with Crippen molar-refractivity contribution in [2.24, 2.45) is 7.05 Å². The molecule has 2 aromatic heterocycles. The van der Waals surface area contributed by atoms with Crippen molar-refractivity contribution >= 4 is 16.8 Å². The molecule has 24 heavy (non-hydrogen) atoms. The summed E-state index contributed by atoms with van der Waals surface area (Å²) in [5.74, 6) is -1.09. The molecule has 1 amide bonds. The first-order valence-corrected chi connectivity index (χ1v) is 7.47. The van der Waals surface area contributed by atoms with E-state index in [9.17, 15) is 14.0 Å². The molecule has 0 atom stereocenters. The smallest absolute Gasteiger partial charge is 0.275 e. The summed E-state index contributed by atoms with van der Waals surface area (Å²) >= 11 is 0. The van der Waals surface area contributed by atoms with Crippen LogP contribution in [0.15, 0.2) is 41.7 Å². The molecule has 0 saturated carbocycles. The monoisotopic (exact) mass is 329 g/mol. The first-order valence-electron chi connectivity index (χ1n) is 7.47. The maximum Gasteiger partial charge on any atom is 0.275 e. The summed E-state index contributed by atoms with van der Waals surface area (Å²) < 4.78 is 16.7. The van der Waals surface area contributed by atoms with Gasteiger partial charge in [-0.25, -0.2) is 9.37 Å². The van der Waals surface area contributed by atoms with E-state index >= 15 is 0 Å². The highest BCUT2D eigenvalue weighted by Gasteiger charge is 2.16. The number of hydrogen-bond donors (Lipinski definition) is 1. The summed E-state index contributed by atoms with van der Waals surface area (Å²) in [6.07, 6.45) is 5.89. The number of halogens is 1. The van der Waals surface area contributed by atoms with E-state index < -0.39 is 17.2 Å². The molecule has 0 unspecified atom stereocenters. The number of aromatic nitrogens is 4. The van der Waals surface area contributed by atoms with Crippen LogP contribution in [0.3, 0.4) is 0 Å². The van der Waals surface area contributed by atoms with Crippen molar-refractivity contribution in [3.63, 3.8) is 0 Å². The molecule has 3 rings (SSSR count). The predicted molar refractivity (Wildman–Crippen MR) is 86.1 cm³/mol. The van der Waals surface area contributed by atoms with Crippen LogP contribution in [-0.2, 0) is 13.6 Å². The van der Waals surface area contributed by atoms with E-state index in [2.05, 4.69) is 15.4 Å². The highest BCUT2D eigenvalue weighted by atomic mass is 19.1. The van der Waals surface area contributed by atoms with Gasteiger partial charge in [0.25, 0.3) is 5.91 Å². The summed E-state index contributed by atoms with van der Waals surface area (Å²) in [5, 5.41) is 6.82. The standard InChI is InChI=1S/C16H16FN5O2/c1-21-13-4-3-11(17)9-12(13)15(23)14(20-21)16(24)19-5-2-7-22-8-6-18-10-22/h3-4,6,8-10H,2,5,7H2,1H3,(H,19,24). The van der Waals surface area contributed by atoms with E-state index in [1.54, 1.807) is 19.6 Å². The average Bonchev–Trinajstić information content (AvgIpc) is 3.08. The number of rotatable bonds is 5. The van der Waals surface area contributed by atoms with Gasteiger partial charge >= 0.3 is 0 Å². The molecule has 0 radical (unpaired) electrons. The van der Waals surface area contributed by atoms with Gasteiger partial charge in [-0.05, 0) is 24.6 Å². The molecule has 0 spiro atoms. The Balaban J connectivity index is 1.75. The number of imidazole rings is 1. The van der Waals surface area contributed by atoms with Crippen LogP contribution in [0, 0.1) is 5.82 Å². The van der Waals surface area contributed by atoms with Crippen LogP contribution in [-0.4, -0.2) is 31.8 Å². The van der Waals surface area contributed by atoms with Crippen molar-refractivity contribution in [3.05, 3.63) is 58.7 Å². The number of carbonyl (C=O) groups is 1. The van der Waals surface area contributed by atoms with E-state index in [1.807, 2.05) is 10.8 Å². The molecule has 1 N–H and O–H groups in total. The van der Waals surface area contributed by atoms with Crippen LogP contribution in [0.1, 0.15) is 16.9 Å². The Morgan fingerprint density at radius 2 is 2.21 bits per heavy atom. The molecule has 0 aliphatic heterocycles. The van der Waals surface area contributed by atoms with Crippen molar-refractivity contribution in [3.8, 4) is 0 Å². The van der Waals surface area contributed by atoms with Crippen LogP contribution in [0.25, 0.3) is 10.9 Å². The lowest BCUT2D eigenvalue weighted by molar-refractivity contribution is 0.0945. The molecule has 0 bridgehead atoms. The second-order valence-electron chi connectivity index (χ2n) is 5.37. The number of fused-ring (bicyclic) bond motifs is 1. The van der Waals surface area contributed by atoms with Gasteiger partial charge in [0.1, 0.15) is 5.82 Å². The topological polar surface area (TPSA) is 81.8 Å². The first-order chi connectivity index (χ1) is 11.6. The lowest BCUT2D eigenvalue weighted by atomic mass is 10.2. The van der Waals surface area contributed by atoms with Crippen LogP contribution < -0.4 is 10.7 Å². The fourth-order valence-corrected chi connectivity index (χ4v) is 2.46. The zero-order valence-corrected chi connectivity index (χ0v) is 13.1. The minimum absolute atomic E-state index is 0.135. The Morgan fingerprint density at radius 1 is 1.38 bits per heavy atom. The highest BCUT2D eigenvalue weighted by Crippen LogP contribution is 2.11. The van der Waals surface area contributed by atoms with Crippen molar-refractivity contribution in [2.45, 2.75) is 13.0 Å². The first kappa shape index (κ1) is 15.9. The summed E-state index contributed by atoms with van der Waals surface area (Å²) in [4.78, 5) is 28.5. The van der Waals surface area contributed by atoms with Gasteiger partial charge in [0.2, 0.25) is 5.43 Å². The highest BCUT2D eigenvalue weighted by molar-refractivity contribution is 5.95. The third kappa shape index (κ3) is 3.17. The molecule has 0 aliphatic rings. The Labute approximate surface area is 136 Å². The average molecular weight is 329 g/mol. The zero-order chi connectivity index (χ0) is 17.1. The number of benzene rings is 1. The van der Waals surface area contributed by atoms with Gasteiger partial charge in [0, 0.05) is 32.5 Å². The summed E-state index contributed by atoms with van der Waals surface area (Å²) in [6.45, 7) is 1.09. The number of aryl methyl sites for hydroxylation is 2. The Kier molecular flexibility index (Phi) is 4.37. The lowest BCUT2D eigenvalue weighted by Crippen LogP contribution is -2.32. The number of nitrogens with one attached hydrogen (secondary N) is 1. The quantitative estimate of drug-likeness (QED) is 0.711. The van der Waals surface area contributed by atoms with Gasteiger partial charge in [-0.1, -0.05) is 0 Å². The summed E-state index contributed by atoms with van der Waals surface area (Å²) in [6, 6.07) is 3.83. The molecule has 1 aromatic carbocycles. The Morgan fingerprint density at radius 3 is 2.96 bits per heavy atom. The van der Waals surface area contributed by atoms with Crippen LogP contribution in [0.5, 0.6) is 0 Å². The van der Waals surface area contributed by atoms with Crippen molar-refractivity contribution in [2.75, 3.05) is 6.54 Å². The molecular weight excluding hydrogens is 313 g/mol. The van der Waals surface area contributed by atoms with Crippen molar-refractivity contribution in [1.29, 1.82) is 0 Å². The van der Waals surface area contributed by atoms with Gasteiger partial charge in [0.15, 0.2) is 5.69 Å². The van der Waals surface area contributed by atoms with Crippen LogP contribution in [0.2, 0.25) is 0 Å². The normalized spacial score (nSPS) is 10.9. The number of nitrogens with zero attached hydrogens (tertiary/aromatic N) is 4. The van der Waals surface area contributed by atoms with Crippen molar-refractivity contribution in [1.82, 2.24) is 24.6 Å². The van der Waals surface area contributed by atoms with Crippen molar-refractivity contribution < 1.29 is 9.18 Å². The third-order valence-corrected chi connectivity index (χ3v) is 3.67. The van der Waals surface area contributed by atoms with Gasteiger partial charge in [-0.2, -0.15) is 5.10 Å². The molecule has 0 aliphatic carbocycles. The van der Waals surface area contributed by atoms with Gasteiger partial charge in [-0.3, -0.25) is 14.3 Å². The van der Waals surface area contributed by atoms with E-state index in [1.165, 1.54) is 16.8 Å². The number of amides is 1. The lowest BCUT2D eigenvalue weighted by Gasteiger charge is -2.09. The molecule has 0 saturated heterocycles. The maximum absolute atomic E-state index is 13.4. The zero-order valence-electron chi connectivity index (χ0n) is 13.1. The van der Waals surface area contributed by atoms with Crippen LogP contribution >= 0.6 is 0 Å². The predicted octanol–water partition coefficient (Wildman–Crippen LogP) is 1.09. The fourth-order valence-electron chi connectivity index (χ4n) is 2.46. The van der Waals surface area contributed by atoms with Gasteiger partial charge in [-0.15, -0.1) is 0 Å². The SMILES string of the molecule is Cn1nc(C(=O)NCCCn2ccnc2)c(=O)c2cc(F)ccc21. The molecule has 2 heterocycles. The Bertz CT molecular complexity index is 934. The van der Waals surface area contributed by atoms with Gasteiger partial charge < -0.3 is 9.88 Å². The number of hydrogen-bond acceptors (Lipinski definition) is 4. The minimum Gasteiger partial charge on any atom is -0.350 e. The van der Waals surface area contributed by atoms with E-state index in [4.69, 9.17) is 0 Å². The molecule has 3 aromatic rings. The minimum atomic E-state index is -0.574. The second kappa shape index (κ2) is 6.61. The molecule has 8 heteroatoms. The largest absolute Gasteiger partial charge is 0.350 e. The molecular formula is C16H16FN5O2. The van der Waals surface area contributed by atoms with E-state index in [-0.39, 0.29) is 11.1 Å². The fraction of sp³-hybridized carbons (Fsp3) is 0.250.